The van der Waals surface area contributed by atoms with Crippen LogP contribution in [0.25, 0.3) is 10.8 Å². The molecule has 0 spiro atoms. The largest absolute Gasteiger partial charge is 0.506 e. The minimum absolute atomic E-state index is 0.190. The van der Waals surface area contributed by atoms with Gasteiger partial charge in [-0.1, -0.05) is 24.3 Å². The summed E-state index contributed by atoms with van der Waals surface area (Å²) in [5, 5.41) is 37.0. The van der Waals surface area contributed by atoms with Crippen LogP contribution in [0.1, 0.15) is 0 Å². The van der Waals surface area contributed by atoms with E-state index in [1.807, 2.05) is 30.3 Å². The molecule has 180 valence electrons. The fraction of sp³-hybridized carbons (Fsp3) is 0. The summed E-state index contributed by atoms with van der Waals surface area (Å²) in [7, 11) is -8.99. The highest BCUT2D eigenvalue weighted by atomic mass is 32.2. The van der Waals surface area contributed by atoms with Crippen molar-refractivity contribution in [3.63, 3.8) is 0 Å². The number of rotatable bonds is 6. The van der Waals surface area contributed by atoms with Crippen molar-refractivity contribution in [2.45, 2.75) is 9.79 Å². The van der Waals surface area contributed by atoms with Gasteiger partial charge >= 0.3 is 0 Å². The number of hydrogen-bond acceptors (Lipinski definition) is 9. The Morgan fingerprint density at radius 2 is 1.51 bits per heavy atom. The van der Waals surface area contributed by atoms with Gasteiger partial charge in [-0.05, 0) is 53.9 Å². The molecule has 0 saturated carbocycles. The lowest BCUT2D eigenvalue weighted by molar-refractivity contribution is 0.471. The molecule has 35 heavy (non-hydrogen) atoms. The summed E-state index contributed by atoms with van der Waals surface area (Å²) in [4.78, 5) is -1.12. The number of nitrogens with zero attached hydrogens (tertiary/aromatic N) is 2. The number of nitrogens with one attached hydrogen (secondary N) is 1. The van der Waals surface area contributed by atoms with Crippen molar-refractivity contribution >= 4 is 53.7 Å². The van der Waals surface area contributed by atoms with Crippen molar-refractivity contribution in [1.82, 2.24) is 0 Å². The van der Waals surface area contributed by atoms with Crippen LogP contribution in [0.3, 0.4) is 0 Å². The second-order valence-electron chi connectivity index (χ2n) is 7.37. The van der Waals surface area contributed by atoms with Crippen molar-refractivity contribution < 1.29 is 31.6 Å². The van der Waals surface area contributed by atoms with Gasteiger partial charge in [-0.25, -0.2) is 13.6 Å². The average molecular weight is 515 g/mol. The fourth-order valence-electron chi connectivity index (χ4n) is 3.26. The molecule has 4 aromatic rings. The molecule has 11 nitrogen and oxygen atoms in total. The second kappa shape index (κ2) is 8.96. The first-order valence-corrected chi connectivity index (χ1v) is 12.8. The smallest absolute Gasteiger partial charge is 0.296 e. The van der Waals surface area contributed by atoms with Crippen LogP contribution in [0.2, 0.25) is 0 Å². The quantitative estimate of drug-likeness (QED) is 0.186. The molecule has 0 aliphatic carbocycles. The van der Waals surface area contributed by atoms with Crippen molar-refractivity contribution in [2.24, 2.45) is 15.4 Å². The van der Waals surface area contributed by atoms with E-state index in [2.05, 4.69) is 15.5 Å². The second-order valence-corrected chi connectivity index (χ2v) is 10.3. The summed E-state index contributed by atoms with van der Waals surface area (Å²) in [5.74, 6) is -1.10. The van der Waals surface area contributed by atoms with Gasteiger partial charge in [0.2, 0.25) is 10.0 Å². The maximum absolute atomic E-state index is 12.0. The molecule has 0 heterocycles. The minimum atomic E-state index is -4.86. The number of nitrogens with two attached hydrogens (primary N) is 1. The first kappa shape index (κ1) is 24.1. The fourth-order valence-corrected chi connectivity index (χ4v) is 4.46. The first-order valence-electron chi connectivity index (χ1n) is 9.80. The SMILES string of the molecule is NS(=O)(=O)c1ccc(O)c(N=Nc2c(S(=O)(=O)O)cc3ccc(Nc4ccccc4)cc3c2O)c1. The Hall–Kier alpha value is -4.04. The van der Waals surface area contributed by atoms with Gasteiger partial charge in [0.15, 0.2) is 5.75 Å². The third-order valence-electron chi connectivity index (χ3n) is 4.93. The van der Waals surface area contributed by atoms with Gasteiger partial charge in [0.05, 0.1) is 4.90 Å². The van der Waals surface area contributed by atoms with Gasteiger partial charge < -0.3 is 15.5 Å². The molecule has 0 unspecified atom stereocenters. The Morgan fingerprint density at radius 1 is 0.800 bits per heavy atom. The molecule has 0 amide bonds. The third-order valence-corrected chi connectivity index (χ3v) is 6.70. The summed E-state index contributed by atoms with van der Waals surface area (Å²) < 4.78 is 56.9. The first-order chi connectivity index (χ1) is 16.4. The molecule has 0 radical (unpaired) electrons. The number of aromatic hydroxyl groups is 2. The van der Waals surface area contributed by atoms with Gasteiger partial charge in [0.1, 0.15) is 22.0 Å². The normalized spacial score (nSPS) is 12.3. The Balaban J connectivity index is 1.86. The van der Waals surface area contributed by atoms with E-state index >= 15 is 0 Å². The maximum atomic E-state index is 12.0. The van der Waals surface area contributed by atoms with E-state index in [1.54, 1.807) is 12.1 Å². The zero-order valence-corrected chi connectivity index (χ0v) is 19.3. The Morgan fingerprint density at radius 3 is 2.17 bits per heavy atom. The van der Waals surface area contributed by atoms with Crippen LogP contribution in [-0.2, 0) is 20.1 Å². The molecule has 0 saturated heterocycles. The maximum Gasteiger partial charge on any atom is 0.296 e. The number of sulfonamides is 1. The van der Waals surface area contributed by atoms with E-state index in [4.69, 9.17) is 5.14 Å². The van der Waals surface area contributed by atoms with Crippen LogP contribution in [0.5, 0.6) is 11.5 Å². The third kappa shape index (κ3) is 5.22. The zero-order chi connectivity index (χ0) is 25.4. The van der Waals surface area contributed by atoms with Crippen molar-refractivity contribution in [3.05, 3.63) is 72.8 Å². The van der Waals surface area contributed by atoms with Gasteiger partial charge in [-0.2, -0.15) is 8.42 Å². The lowest BCUT2D eigenvalue weighted by Gasteiger charge is -2.11. The molecule has 4 aromatic carbocycles. The van der Waals surface area contributed by atoms with E-state index in [1.165, 1.54) is 6.07 Å². The van der Waals surface area contributed by atoms with Crippen LogP contribution in [0.4, 0.5) is 22.7 Å². The molecule has 6 N–H and O–H groups in total. The van der Waals surface area contributed by atoms with Crippen LogP contribution in [0.15, 0.2) is 92.8 Å². The average Bonchev–Trinajstić information content (AvgIpc) is 2.79. The number of azo groups is 1. The predicted molar refractivity (Wildman–Crippen MR) is 129 cm³/mol. The van der Waals surface area contributed by atoms with Crippen LogP contribution in [-0.4, -0.2) is 31.6 Å². The van der Waals surface area contributed by atoms with E-state index < -0.39 is 42.2 Å². The van der Waals surface area contributed by atoms with Gasteiger partial charge in [0, 0.05) is 16.8 Å². The molecule has 4 rings (SSSR count). The molecule has 13 heteroatoms. The lowest BCUT2D eigenvalue weighted by atomic mass is 10.1. The van der Waals surface area contributed by atoms with Gasteiger partial charge in [-0.15, -0.1) is 10.2 Å². The molecule has 0 atom stereocenters. The number of hydrogen-bond donors (Lipinski definition) is 5. The van der Waals surface area contributed by atoms with Crippen molar-refractivity contribution in [3.8, 4) is 11.5 Å². The molecule has 0 aliphatic rings. The summed E-state index contributed by atoms with van der Waals surface area (Å²) in [5.41, 5.74) is 0.361. The molecule has 0 bridgehead atoms. The van der Waals surface area contributed by atoms with Gasteiger partial charge in [-0.3, -0.25) is 4.55 Å². The number of anilines is 2. The van der Waals surface area contributed by atoms with Crippen LogP contribution >= 0.6 is 0 Å². The van der Waals surface area contributed by atoms with Crippen molar-refractivity contribution in [1.29, 1.82) is 0 Å². The zero-order valence-electron chi connectivity index (χ0n) is 17.7. The van der Waals surface area contributed by atoms with E-state index in [-0.39, 0.29) is 21.4 Å². The van der Waals surface area contributed by atoms with Gasteiger partial charge in [0.25, 0.3) is 10.1 Å². The summed E-state index contributed by atoms with van der Waals surface area (Å²) in [6.45, 7) is 0. The molecule has 0 aliphatic heterocycles. The molecule has 0 aromatic heterocycles. The number of para-hydroxylation sites is 1. The number of fused-ring (bicyclic) bond motifs is 1. The standard InChI is InChI=1S/C22H18N4O7S2/c23-34(29,30)16-8-9-19(27)18(12-16)25-26-21-20(35(31,32)33)10-13-6-7-15(11-17(13)22(21)28)24-14-4-2-1-3-5-14/h1-12,24,27-28H,(H2,23,29,30)(H,31,32,33). The highest BCUT2D eigenvalue weighted by Crippen LogP contribution is 2.43. The van der Waals surface area contributed by atoms with E-state index in [9.17, 15) is 31.6 Å². The van der Waals surface area contributed by atoms with E-state index in [0.717, 1.165) is 30.0 Å². The van der Waals surface area contributed by atoms with Crippen LogP contribution < -0.4 is 10.5 Å². The molecular formula is C22H18N4O7S2. The summed E-state index contributed by atoms with van der Waals surface area (Å²) in [6, 6.07) is 18.0. The Labute approximate surface area is 200 Å². The topological polar surface area (TPSA) is 192 Å². The monoisotopic (exact) mass is 514 g/mol. The number of phenolic OH excluding ortho intramolecular Hbond substituents is 2. The summed E-state index contributed by atoms with van der Waals surface area (Å²) >= 11 is 0. The number of benzene rings is 4. The lowest BCUT2D eigenvalue weighted by Crippen LogP contribution is -2.11. The Bertz CT molecular complexity index is 1690. The number of phenols is 2. The van der Waals surface area contributed by atoms with Crippen molar-refractivity contribution in [2.75, 3.05) is 5.32 Å². The highest BCUT2D eigenvalue weighted by molar-refractivity contribution is 7.89. The number of primary sulfonamides is 1. The van der Waals surface area contributed by atoms with E-state index in [0.29, 0.717) is 5.69 Å². The summed E-state index contributed by atoms with van der Waals surface area (Å²) in [6.07, 6.45) is 0. The minimum Gasteiger partial charge on any atom is -0.506 e. The predicted octanol–water partition coefficient (Wildman–Crippen LogP) is 4.30. The van der Waals surface area contributed by atoms with Crippen LogP contribution in [0, 0.1) is 0 Å². The Kier molecular flexibility index (Phi) is 6.17. The highest BCUT2D eigenvalue weighted by Gasteiger charge is 2.22. The molecular weight excluding hydrogens is 496 g/mol. The molecule has 0 fully saturated rings.